The molecule has 9 heteroatoms. The first-order chi connectivity index (χ1) is 11.9. The first-order valence-electron chi connectivity index (χ1n) is 7.61. The van der Waals surface area contributed by atoms with E-state index in [1.807, 2.05) is 18.2 Å². The molecule has 6 nitrogen and oxygen atoms in total. The van der Waals surface area contributed by atoms with Crippen molar-refractivity contribution < 1.29 is 17.9 Å². The Morgan fingerprint density at radius 3 is 2.80 bits per heavy atom. The fraction of sp³-hybridized carbons (Fsp3) is 0.312. The Morgan fingerprint density at radius 1 is 1.36 bits per heavy atom. The Hall–Kier alpha value is -1.35. The normalized spacial score (nSPS) is 16.9. The minimum absolute atomic E-state index is 0.0393. The van der Waals surface area contributed by atoms with Gasteiger partial charge in [0.1, 0.15) is 22.8 Å². The van der Waals surface area contributed by atoms with Crippen LogP contribution in [0.1, 0.15) is 6.92 Å². The number of fused-ring (bicyclic) bond motifs is 1. The lowest BCUT2D eigenvalue weighted by Gasteiger charge is -2.30. The number of sulfonamides is 1. The maximum Gasteiger partial charge on any atom is 0.246 e. The molecule has 1 unspecified atom stereocenters. The molecular weight excluding hydrogens is 432 g/mol. The van der Waals surface area contributed by atoms with Crippen LogP contribution >= 0.6 is 27.5 Å². The van der Waals surface area contributed by atoms with E-state index in [2.05, 4.69) is 20.9 Å². The highest BCUT2D eigenvalue weighted by Crippen LogP contribution is 2.32. The third-order valence-corrected chi connectivity index (χ3v) is 6.52. The third-order valence-electron chi connectivity index (χ3n) is 3.72. The van der Waals surface area contributed by atoms with Gasteiger partial charge >= 0.3 is 0 Å². The fourth-order valence-corrected chi connectivity index (χ4v) is 4.90. The SMILES string of the molecule is CCN(CC1COc2ccccc2O1)S(=O)(=O)c1cc(Br)cnc1Cl. The lowest BCUT2D eigenvalue weighted by molar-refractivity contribution is 0.0771. The molecule has 134 valence electrons. The number of ether oxygens (including phenoxy) is 2. The molecule has 0 aliphatic carbocycles. The van der Waals surface area contributed by atoms with Gasteiger partial charge in [-0.15, -0.1) is 0 Å². The Bertz CT molecular complexity index is 878. The molecule has 1 aromatic carbocycles. The zero-order chi connectivity index (χ0) is 18.0. The van der Waals surface area contributed by atoms with E-state index in [-0.39, 0.29) is 29.7 Å². The standard InChI is InChI=1S/C16H16BrClN2O4S/c1-2-20(25(21,22)15-7-11(17)8-19-16(15)18)9-12-10-23-13-5-3-4-6-14(13)24-12/h3-8,12H,2,9-10H2,1H3. The fourth-order valence-electron chi connectivity index (χ4n) is 2.50. The van der Waals surface area contributed by atoms with E-state index in [0.717, 1.165) is 0 Å². The first-order valence-corrected chi connectivity index (χ1v) is 10.2. The van der Waals surface area contributed by atoms with Crippen molar-refractivity contribution >= 4 is 37.6 Å². The van der Waals surface area contributed by atoms with Gasteiger partial charge in [-0.05, 0) is 34.1 Å². The highest BCUT2D eigenvalue weighted by molar-refractivity contribution is 9.10. The molecular formula is C16H16BrClN2O4S. The molecule has 0 radical (unpaired) electrons. The van der Waals surface area contributed by atoms with Crippen molar-refractivity contribution in [2.75, 3.05) is 19.7 Å². The zero-order valence-corrected chi connectivity index (χ0v) is 16.5. The molecule has 0 N–H and O–H groups in total. The monoisotopic (exact) mass is 446 g/mol. The van der Waals surface area contributed by atoms with Gasteiger partial charge in [-0.25, -0.2) is 13.4 Å². The number of para-hydroxylation sites is 2. The summed E-state index contributed by atoms with van der Waals surface area (Å²) >= 11 is 9.23. The molecule has 0 bridgehead atoms. The summed E-state index contributed by atoms with van der Waals surface area (Å²) in [5, 5.41) is -0.0622. The average Bonchev–Trinajstić information content (AvgIpc) is 2.61. The number of benzene rings is 1. The molecule has 3 rings (SSSR count). The Labute approximate surface area is 159 Å². The van der Waals surface area contributed by atoms with Crippen LogP contribution in [0.3, 0.4) is 0 Å². The Morgan fingerprint density at radius 2 is 2.08 bits per heavy atom. The van der Waals surface area contributed by atoms with Crippen LogP contribution < -0.4 is 9.47 Å². The smallest absolute Gasteiger partial charge is 0.246 e. The molecule has 1 aromatic heterocycles. The largest absolute Gasteiger partial charge is 0.486 e. The number of pyridine rings is 1. The second-order valence-corrected chi connectivity index (χ2v) is 8.58. The number of likely N-dealkylation sites (N-methyl/N-ethyl adjacent to an activating group) is 1. The summed E-state index contributed by atoms with van der Waals surface area (Å²) in [6.45, 7) is 2.45. The van der Waals surface area contributed by atoms with Crippen LogP contribution in [0.5, 0.6) is 11.5 Å². The molecule has 2 heterocycles. The summed E-state index contributed by atoms with van der Waals surface area (Å²) < 4.78 is 39.2. The summed E-state index contributed by atoms with van der Waals surface area (Å²) in [5.74, 6) is 1.26. The number of rotatable bonds is 5. The second-order valence-electron chi connectivity index (χ2n) is 5.40. The number of halogens is 2. The molecule has 2 aromatic rings. The van der Waals surface area contributed by atoms with E-state index in [1.54, 1.807) is 13.0 Å². The predicted molar refractivity (Wildman–Crippen MR) is 97.7 cm³/mol. The summed E-state index contributed by atoms with van der Waals surface area (Å²) in [6, 6.07) is 8.74. The van der Waals surface area contributed by atoms with Crippen molar-refractivity contribution in [3.8, 4) is 11.5 Å². The molecule has 0 saturated heterocycles. The van der Waals surface area contributed by atoms with Crippen LogP contribution in [-0.2, 0) is 10.0 Å². The van der Waals surface area contributed by atoms with Crippen molar-refractivity contribution in [2.24, 2.45) is 0 Å². The topological polar surface area (TPSA) is 68.7 Å². The van der Waals surface area contributed by atoms with Crippen molar-refractivity contribution in [2.45, 2.75) is 17.9 Å². The molecule has 1 atom stereocenters. The van der Waals surface area contributed by atoms with Crippen LogP contribution in [0.25, 0.3) is 0 Å². The summed E-state index contributed by atoms with van der Waals surface area (Å²) in [7, 11) is -3.81. The maximum absolute atomic E-state index is 12.9. The van der Waals surface area contributed by atoms with Crippen molar-refractivity contribution in [3.63, 3.8) is 0 Å². The number of aromatic nitrogens is 1. The van der Waals surface area contributed by atoms with E-state index in [1.165, 1.54) is 16.6 Å². The molecule has 0 saturated carbocycles. The second kappa shape index (κ2) is 7.49. The number of nitrogens with zero attached hydrogens (tertiary/aromatic N) is 2. The quantitative estimate of drug-likeness (QED) is 0.658. The van der Waals surface area contributed by atoms with Crippen LogP contribution in [0.2, 0.25) is 5.15 Å². The van der Waals surface area contributed by atoms with Crippen LogP contribution in [0.4, 0.5) is 0 Å². The third kappa shape index (κ3) is 3.92. The number of hydrogen-bond acceptors (Lipinski definition) is 5. The molecule has 25 heavy (non-hydrogen) atoms. The van der Waals surface area contributed by atoms with E-state index < -0.39 is 16.1 Å². The van der Waals surface area contributed by atoms with Gasteiger partial charge < -0.3 is 9.47 Å². The Balaban J connectivity index is 1.82. The van der Waals surface area contributed by atoms with Gasteiger partial charge in [0.05, 0.1) is 6.54 Å². The van der Waals surface area contributed by atoms with Crippen molar-refractivity contribution in [1.29, 1.82) is 0 Å². The number of hydrogen-bond donors (Lipinski definition) is 0. The first kappa shape index (κ1) is 18.4. The molecule has 1 aliphatic rings. The van der Waals surface area contributed by atoms with E-state index in [4.69, 9.17) is 21.1 Å². The minimum Gasteiger partial charge on any atom is -0.486 e. The highest BCUT2D eigenvalue weighted by Gasteiger charge is 2.31. The molecule has 0 amide bonds. The van der Waals surface area contributed by atoms with Crippen molar-refractivity contribution in [3.05, 3.63) is 46.2 Å². The summed E-state index contributed by atoms with van der Waals surface area (Å²) in [6.07, 6.45) is 1.04. The van der Waals surface area contributed by atoms with Gasteiger partial charge in [-0.3, -0.25) is 0 Å². The summed E-state index contributed by atoms with van der Waals surface area (Å²) in [5.41, 5.74) is 0. The molecule has 0 spiro atoms. The lowest BCUT2D eigenvalue weighted by Crippen LogP contribution is -2.43. The van der Waals surface area contributed by atoms with Gasteiger partial charge in [0.2, 0.25) is 10.0 Å². The molecule has 1 aliphatic heterocycles. The molecule has 0 fully saturated rings. The Kier molecular flexibility index (Phi) is 5.52. The minimum atomic E-state index is -3.81. The van der Waals surface area contributed by atoms with Gasteiger partial charge in [0.15, 0.2) is 11.5 Å². The van der Waals surface area contributed by atoms with E-state index in [9.17, 15) is 8.42 Å². The summed E-state index contributed by atoms with van der Waals surface area (Å²) in [4.78, 5) is 3.86. The zero-order valence-electron chi connectivity index (χ0n) is 13.4. The highest BCUT2D eigenvalue weighted by atomic mass is 79.9. The van der Waals surface area contributed by atoms with Crippen LogP contribution in [0.15, 0.2) is 45.9 Å². The van der Waals surface area contributed by atoms with Gasteiger partial charge in [0.25, 0.3) is 0 Å². The van der Waals surface area contributed by atoms with Crippen LogP contribution in [0, 0.1) is 0 Å². The van der Waals surface area contributed by atoms with E-state index >= 15 is 0 Å². The lowest BCUT2D eigenvalue weighted by atomic mass is 10.2. The van der Waals surface area contributed by atoms with Gasteiger partial charge in [-0.1, -0.05) is 30.7 Å². The van der Waals surface area contributed by atoms with E-state index in [0.29, 0.717) is 16.0 Å². The van der Waals surface area contributed by atoms with Crippen LogP contribution in [-0.4, -0.2) is 43.5 Å². The van der Waals surface area contributed by atoms with Crippen molar-refractivity contribution in [1.82, 2.24) is 9.29 Å². The van der Waals surface area contributed by atoms with Gasteiger partial charge in [0, 0.05) is 17.2 Å². The maximum atomic E-state index is 12.9. The van der Waals surface area contributed by atoms with Gasteiger partial charge in [-0.2, -0.15) is 4.31 Å². The predicted octanol–water partition coefficient (Wildman–Crippen LogP) is 3.35. The average molecular weight is 448 g/mol.